The van der Waals surface area contributed by atoms with Gasteiger partial charge in [-0.1, -0.05) is 22.0 Å². The minimum Gasteiger partial charge on any atom is -0.302 e. The molecule has 0 unspecified atom stereocenters. The Morgan fingerprint density at radius 1 is 1.04 bits per heavy atom. The lowest BCUT2D eigenvalue weighted by Gasteiger charge is -2.31. The zero-order valence-electron chi connectivity index (χ0n) is 14.8. The van der Waals surface area contributed by atoms with Crippen molar-refractivity contribution in [3.63, 3.8) is 0 Å². The molecule has 1 aliphatic heterocycles. The zero-order chi connectivity index (χ0) is 18.9. The second-order valence-electron chi connectivity index (χ2n) is 6.88. The van der Waals surface area contributed by atoms with Crippen LogP contribution < -0.4 is 0 Å². The van der Waals surface area contributed by atoms with E-state index in [4.69, 9.17) is 0 Å². The number of rotatable bonds is 5. The van der Waals surface area contributed by atoms with Crippen molar-refractivity contribution in [2.75, 3.05) is 25.4 Å². The van der Waals surface area contributed by atoms with Gasteiger partial charge in [0.05, 0.1) is 10.6 Å². The van der Waals surface area contributed by atoms with E-state index in [9.17, 15) is 8.42 Å². The summed E-state index contributed by atoms with van der Waals surface area (Å²) in [5.74, 6) is 1.52. The molecule has 8 heteroatoms. The monoisotopic (exact) mass is 448 g/mol. The molecule has 0 spiro atoms. The first-order valence-corrected chi connectivity index (χ1v) is 11.5. The van der Waals surface area contributed by atoms with E-state index in [-0.39, 0.29) is 5.75 Å². The van der Waals surface area contributed by atoms with E-state index in [0.29, 0.717) is 17.4 Å². The predicted octanol–water partition coefficient (Wildman–Crippen LogP) is 3.15. The number of halogens is 1. The first-order valence-electron chi connectivity index (χ1n) is 9.03. The average Bonchev–Trinajstić information content (AvgIpc) is 3.11. The lowest BCUT2D eigenvalue weighted by molar-refractivity contribution is 0.219. The van der Waals surface area contributed by atoms with Gasteiger partial charge in [-0.05, 0) is 62.3 Å². The maximum absolute atomic E-state index is 12.5. The Balaban J connectivity index is 1.35. The molecule has 0 saturated carbocycles. The molecule has 0 amide bonds. The lowest BCUT2D eigenvalue weighted by Crippen LogP contribution is -2.36. The summed E-state index contributed by atoms with van der Waals surface area (Å²) in [6.45, 7) is 2.32. The molecule has 1 aliphatic rings. The molecular formula is C19H21BrN4O2S. The molecule has 4 rings (SSSR count). The van der Waals surface area contributed by atoms with Gasteiger partial charge in [0.15, 0.2) is 15.5 Å². The number of hydrogen-bond acceptors (Lipinski definition) is 5. The first-order chi connectivity index (χ1) is 13.0. The van der Waals surface area contributed by atoms with E-state index in [1.807, 2.05) is 24.4 Å². The smallest absolute Gasteiger partial charge is 0.179 e. The maximum atomic E-state index is 12.5. The molecular weight excluding hydrogens is 428 g/mol. The number of hydrogen-bond donors (Lipinski definition) is 0. The van der Waals surface area contributed by atoms with Gasteiger partial charge in [0.1, 0.15) is 5.82 Å². The standard InChI is InChI=1S/C19H21BrN4O2S/c20-16-4-6-17(7-5-16)27(25,26)14-13-23-11-8-15(9-12-23)19-22-21-18-3-1-2-10-24(18)19/h1-7,10,15H,8-9,11-14H2. The van der Waals surface area contributed by atoms with Gasteiger partial charge in [-0.3, -0.25) is 4.40 Å². The number of pyridine rings is 1. The molecule has 0 aliphatic carbocycles. The van der Waals surface area contributed by atoms with Crippen LogP contribution in [0.3, 0.4) is 0 Å². The number of benzene rings is 1. The molecule has 0 bridgehead atoms. The molecule has 2 aromatic heterocycles. The van der Waals surface area contributed by atoms with Crippen molar-refractivity contribution in [3.8, 4) is 0 Å². The average molecular weight is 449 g/mol. The fraction of sp³-hybridized carbons (Fsp3) is 0.368. The first kappa shape index (κ1) is 18.6. The number of aromatic nitrogens is 3. The molecule has 1 aromatic carbocycles. The SMILES string of the molecule is O=S(=O)(CCN1CCC(c2nnc3ccccn23)CC1)c1ccc(Br)cc1. The van der Waals surface area contributed by atoms with E-state index in [1.54, 1.807) is 24.3 Å². The topological polar surface area (TPSA) is 67.6 Å². The fourth-order valence-electron chi connectivity index (χ4n) is 3.56. The van der Waals surface area contributed by atoms with Crippen molar-refractivity contribution in [2.45, 2.75) is 23.7 Å². The van der Waals surface area contributed by atoms with Crippen LogP contribution in [0.2, 0.25) is 0 Å². The highest BCUT2D eigenvalue weighted by atomic mass is 79.9. The second-order valence-corrected chi connectivity index (χ2v) is 9.90. The van der Waals surface area contributed by atoms with Crippen LogP contribution >= 0.6 is 15.9 Å². The Labute approximate surface area is 167 Å². The summed E-state index contributed by atoms with van der Waals surface area (Å²) in [7, 11) is -3.25. The van der Waals surface area contributed by atoms with Gasteiger partial charge < -0.3 is 4.90 Å². The van der Waals surface area contributed by atoms with Crippen molar-refractivity contribution < 1.29 is 8.42 Å². The summed E-state index contributed by atoms with van der Waals surface area (Å²) in [5, 5.41) is 8.61. The number of piperidine rings is 1. The van der Waals surface area contributed by atoms with E-state index in [2.05, 4.69) is 35.4 Å². The highest BCUT2D eigenvalue weighted by Gasteiger charge is 2.25. The van der Waals surface area contributed by atoms with E-state index in [0.717, 1.165) is 41.9 Å². The molecule has 0 radical (unpaired) electrons. The second kappa shape index (κ2) is 7.69. The molecule has 3 aromatic rings. The third-order valence-electron chi connectivity index (χ3n) is 5.14. The largest absolute Gasteiger partial charge is 0.302 e. The van der Waals surface area contributed by atoms with Crippen molar-refractivity contribution >= 4 is 31.4 Å². The van der Waals surface area contributed by atoms with Crippen LogP contribution in [0.5, 0.6) is 0 Å². The Kier molecular flexibility index (Phi) is 5.29. The van der Waals surface area contributed by atoms with Crippen LogP contribution in [-0.2, 0) is 9.84 Å². The van der Waals surface area contributed by atoms with Crippen molar-refractivity contribution in [1.82, 2.24) is 19.5 Å². The molecule has 6 nitrogen and oxygen atoms in total. The predicted molar refractivity (Wildman–Crippen MR) is 108 cm³/mol. The molecule has 3 heterocycles. The molecule has 0 atom stereocenters. The van der Waals surface area contributed by atoms with Crippen LogP contribution in [0.25, 0.3) is 5.65 Å². The van der Waals surface area contributed by atoms with Gasteiger partial charge in [0.25, 0.3) is 0 Å². The zero-order valence-corrected chi connectivity index (χ0v) is 17.2. The quantitative estimate of drug-likeness (QED) is 0.599. The number of fused-ring (bicyclic) bond motifs is 1. The maximum Gasteiger partial charge on any atom is 0.179 e. The normalized spacial score (nSPS) is 16.8. The molecule has 1 saturated heterocycles. The van der Waals surface area contributed by atoms with E-state index < -0.39 is 9.84 Å². The Bertz CT molecular complexity index is 1030. The Morgan fingerprint density at radius 3 is 2.52 bits per heavy atom. The summed E-state index contributed by atoms with van der Waals surface area (Å²) >= 11 is 3.34. The van der Waals surface area contributed by atoms with Crippen molar-refractivity contribution in [2.24, 2.45) is 0 Å². The summed E-state index contributed by atoms with van der Waals surface area (Å²) in [6.07, 6.45) is 3.93. The van der Waals surface area contributed by atoms with Gasteiger partial charge in [0, 0.05) is 23.1 Å². The van der Waals surface area contributed by atoms with Crippen molar-refractivity contribution in [1.29, 1.82) is 0 Å². The van der Waals surface area contributed by atoms with Crippen LogP contribution in [0.4, 0.5) is 0 Å². The third-order valence-corrected chi connectivity index (χ3v) is 7.38. The minimum absolute atomic E-state index is 0.146. The van der Waals surface area contributed by atoms with Gasteiger partial charge in [-0.25, -0.2) is 8.42 Å². The summed E-state index contributed by atoms with van der Waals surface area (Å²) in [6, 6.07) is 12.7. The Hall–Kier alpha value is -1.77. The molecule has 27 heavy (non-hydrogen) atoms. The van der Waals surface area contributed by atoms with Gasteiger partial charge >= 0.3 is 0 Å². The van der Waals surface area contributed by atoms with Crippen LogP contribution in [0, 0.1) is 0 Å². The molecule has 0 N–H and O–H groups in total. The van der Waals surface area contributed by atoms with Gasteiger partial charge in [-0.15, -0.1) is 10.2 Å². The Morgan fingerprint density at radius 2 is 1.78 bits per heavy atom. The molecule has 142 valence electrons. The van der Waals surface area contributed by atoms with E-state index >= 15 is 0 Å². The third kappa shape index (κ3) is 4.07. The minimum atomic E-state index is -3.25. The number of nitrogens with zero attached hydrogens (tertiary/aromatic N) is 4. The fourth-order valence-corrected chi connectivity index (χ4v) is 5.11. The van der Waals surface area contributed by atoms with Gasteiger partial charge in [-0.2, -0.15) is 0 Å². The van der Waals surface area contributed by atoms with Crippen molar-refractivity contribution in [3.05, 3.63) is 59.0 Å². The summed E-state index contributed by atoms with van der Waals surface area (Å²) in [4.78, 5) is 2.62. The summed E-state index contributed by atoms with van der Waals surface area (Å²) < 4.78 is 28.0. The van der Waals surface area contributed by atoms with Gasteiger partial charge in [0.2, 0.25) is 0 Å². The molecule has 1 fully saturated rings. The summed E-state index contributed by atoms with van der Waals surface area (Å²) in [5.41, 5.74) is 0.871. The number of sulfone groups is 1. The highest BCUT2D eigenvalue weighted by molar-refractivity contribution is 9.10. The van der Waals surface area contributed by atoms with Crippen LogP contribution in [0.15, 0.2) is 58.0 Å². The van der Waals surface area contributed by atoms with Crippen LogP contribution in [-0.4, -0.2) is 53.3 Å². The van der Waals surface area contributed by atoms with E-state index in [1.165, 1.54) is 0 Å². The van der Waals surface area contributed by atoms with Crippen LogP contribution in [0.1, 0.15) is 24.6 Å². The number of likely N-dealkylation sites (tertiary alicyclic amines) is 1. The lowest BCUT2D eigenvalue weighted by atomic mass is 9.96. The highest BCUT2D eigenvalue weighted by Crippen LogP contribution is 2.27.